The molecule has 10 heteroatoms. The molecule has 4 heterocycles. The molecule has 2 amide bonds. The van der Waals surface area contributed by atoms with E-state index in [1.165, 1.54) is 19.2 Å². The zero-order chi connectivity index (χ0) is 28.6. The van der Waals surface area contributed by atoms with Gasteiger partial charge in [0, 0.05) is 37.6 Å². The van der Waals surface area contributed by atoms with Crippen molar-refractivity contribution in [3.63, 3.8) is 0 Å². The molecule has 9 nitrogen and oxygen atoms in total. The number of hydrogen-bond acceptors (Lipinski definition) is 6. The summed E-state index contributed by atoms with van der Waals surface area (Å²) in [6, 6.07) is 7.28. The summed E-state index contributed by atoms with van der Waals surface area (Å²) >= 11 is 0. The Kier molecular flexibility index (Phi) is 8.08. The Morgan fingerprint density at radius 2 is 1.90 bits per heavy atom. The van der Waals surface area contributed by atoms with Crippen LogP contribution in [0.25, 0.3) is 0 Å². The Balaban J connectivity index is 1.28. The molecule has 1 aromatic carbocycles. The van der Waals surface area contributed by atoms with Crippen LogP contribution in [0.3, 0.4) is 0 Å². The summed E-state index contributed by atoms with van der Waals surface area (Å²) in [6.07, 6.45) is 4.92. The SMILES string of the molecule is COC(=O)N1CCc2nc(C)n([C@H]3C[C@H]4CC[C@@H](C3)N4CC[C@H](NC(=O)OC(C)(C)C)c3cccc(F)c3)c2C1. The Morgan fingerprint density at radius 1 is 1.18 bits per heavy atom. The summed E-state index contributed by atoms with van der Waals surface area (Å²) in [4.78, 5) is 34.1. The van der Waals surface area contributed by atoms with E-state index in [9.17, 15) is 14.0 Å². The fraction of sp³-hybridized carbons (Fsp3) is 0.633. The highest BCUT2D eigenvalue weighted by molar-refractivity contribution is 5.68. The number of methoxy groups -OCH3 is 1. The number of piperidine rings is 1. The van der Waals surface area contributed by atoms with Crippen molar-refractivity contribution in [3.8, 4) is 0 Å². The van der Waals surface area contributed by atoms with Crippen LogP contribution in [0.1, 0.15) is 87.7 Å². The highest BCUT2D eigenvalue weighted by atomic mass is 19.1. The summed E-state index contributed by atoms with van der Waals surface area (Å²) in [5, 5.41) is 2.99. The number of nitrogens with zero attached hydrogens (tertiary/aromatic N) is 4. The normalized spacial score (nSPS) is 23.4. The van der Waals surface area contributed by atoms with E-state index in [0.717, 1.165) is 61.4 Å². The summed E-state index contributed by atoms with van der Waals surface area (Å²) in [5.41, 5.74) is 2.36. The van der Waals surface area contributed by atoms with Crippen LogP contribution in [-0.2, 0) is 22.4 Å². The second-order valence-corrected chi connectivity index (χ2v) is 12.4. The van der Waals surface area contributed by atoms with Crippen LogP contribution >= 0.6 is 0 Å². The molecule has 2 bridgehead atoms. The Bertz CT molecular complexity index is 1230. The highest BCUT2D eigenvalue weighted by Crippen LogP contribution is 2.43. The monoisotopic (exact) mass is 555 g/mol. The first-order valence-electron chi connectivity index (χ1n) is 14.4. The van der Waals surface area contributed by atoms with E-state index < -0.39 is 11.7 Å². The van der Waals surface area contributed by atoms with Gasteiger partial charge < -0.3 is 24.3 Å². The van der Waals surface area contributed by atoms with Crippen LogP contribution in [0.15, 0.2) is 24.3 Å². The number of aryl methyl sites for hydroxylation is 1. The summed E-state index contributed by atoms with van der Waals surface area (Å²) in [6.45, 7) is 9.53. The number of halogens is 1. The molecule has 218 valence electrons. The third-order valence-electron chi connectivity index (χ3n) is 8.50. The van der Waals surface area contributed by atoms with E-state index in [4.69, 9.17) is 14.5 Å². The fourth-order valence-electron chi connectivity index (χ4n) is 6.88. The number of rotatable bonds is 6. The lowest BCUT2D eigenvalue weighted by Gasteiger charge is -2.41. The lowest BCUT2D eigenvalue weighted by Crippen LogP contribution is -2.45. The van der Waals surface area contributed by atoms with Gasteiger partial charge in [-0.25, -0.2) is 19.0 Å². The van der Waals surface area contributed by atoms with Crippen LogP contribution < -0.4 is 5.32 Å². The zero-order valence-electron chi connectivity index (χ0n) is 24.3. The van der Waals surface area contributed by atoms with Gasteiger partial charge in [-0.15, -0.1) is 0 Å². The summed E-state index contributed by atoms with van der Waals surface area (Å²) < 4.78 is 27.0. The van der Waals surface area contributed by atoms with Crippen LogP contribution in [0.2, 0.25) is 0 Å². The lowest BCUT2D eigenvalue weighted by atomic mass is 9.95. The first-order valence-corrected chi connectivity index (χ1v) is 14.4. The molecule has 40 heavy (non-hydrogen) atoms. The van der Waals surface area contributed by atoms with E-state index >= 15 is 0 Å². The molecule has 3 aliphatic heterocycles. The van der Waals surface area contributed by atoms with Crippen molar-refractivity contribution in [2.24, 2.45) is 0 Å². The van der Waals surface area contributed by atoms with Gasteiger partial charge in [0.15, 0.2) is 0 Å². The smallest absolute Gasteiger partial charge is 0.409 e. The minimum atomic E-state index is -0.615. The average Bonchev–Trinajstić information content (AvgIpc) is 3.34. The van der Waals surface area contributed by atoms with Crippen LogP contribution in [0.5, 0.6) is 0 Å². The van der Waals surface area contributed by atoms with Gasteiger partial charge in [-0.1, -0.05) is 12.1 Å². The molecule has 0 saturated carbocycles. The first kappa shape index (κ1) is 28.4. The maximum Gasteiger partial charge on any atom is 0.409 e. The van der Waals surface area contributed by atoms with E-state index in [0.29, 0.717) is 37.6 Å². The summed E-state index contributed by atoms with van der Waals surface area (Å²) in [5.74, 6) is 0.696. The molecular weight excluding hydrogens is 513 g/mol. The number of imidazole rings is 1. The Labute approximate surface area is 236 Å². The van der Waals surface area contributed by atoms with Crippen molar-refractivity contribution >= 4 is 12.2 Å². The van der Waals surface area contributed by atoms with Crippen molar-refractivity contribution < 1.29 is 23.5 Å². The van der Waals surface area contributed by atoms with E-state index in [1.807, 2.05) is 26.8 Å². The highest BCUT2D eigenvalue weighted by Gasteiger charge is 2.42. The lowest BCUT2D eigenvalue weighted by molar-refractivity contribution is 0.0488. The number of carbonyl (C=O) groups excluding carboxylic acids is 2. The molecule has 3 aliphatic rings. The standard InChI is InChI=1S/C30H42FN5O4/c1-19-32-26-11-13-34(29(38)39-5)18-27(26)36(19)24-16-22-9-10-23(17-24)35(22)14-12-25(20-7-6-8-21(31)15-20)33-28(37)40-30(2,3)4/h6-8,15,22-25H,9-14,16-18H2,1-5H3,(H,33,37)/t22-,23+,24+,25-/m0/s1. The number of amides is 2. The van der Waals surface area contributed by atoms with Gasteiger partial charge in [0.1, 0.15) is 17.2 Å². The molecule has 0 aliphatic carbocycles. The number of benzene rings is 1. The van der Waals surface area contributed by atoms with Crippen molar-refractivity contribution in [2.75, 3.05) is 20.2 Å². The first-order chi connectivity index (χ1) is 19.0. The number of ether oxygens (including phenoxy) is 2. The van der Waals surface area contributed by atoms with Crippen molar-refractivity contribution in [1.82, 2.24) is 24.7 Å². The van der Waals surface area contributed by atoms with Crippen molar-refractivity contribution in [2.45, 2.75) is 103 Å². The second-order valence-electron chi connectivity index (χ2n) is 12.4. The second kappa shape index (κ2) is 11.4. The molecule has 2 aromatic rings. The summed E-state index contributed by atoms with van der Waals surface area (Å²) in [7, 11) is 1.43. The predicted molar refractivity (Wildman–Crippen MR) is 148 cm³/mol. The van der Waals surface area contributed by atoms with Gasteiger partial charge in [-0.3, -0.25) is 4.90 Å². The average molecular weight is 556 g/mol. The Morgan fingerprint density at radius 3 is 2.55 bits per heavy atom. The molecule has 2 saturated heterocycles. The van der Waals surface area contributed by atoms with E-state index in [1.54, 1.807) is 11.0 Å². The van der Waals surface area contributed by atoms with E-state index in [-0.39, 0.29) is 18.0 Å². The maximum absolute atomic E-state index is 14.1. The molecule has 0 spiro atoms. The molecule has 5 rings (SSSR count). The minimum absolute atomic E-state index is 0.293. The number of hydrogen-bond donors (Lipinski definition) is 1. The maximum atomic E-state index is 14.1. The van der Waals surface area contributed by atoms with Crippen LogP contribution in [-0.4, -0.2) is 69.4 Å². The fourth-order valence-corrected chi connectivity index (χ4v) is 6.88. The van der Waals surface area contributed by atoms with Gasteiger partial charge in [0.2, 0.25) is 0 Å². The number of aromatic nitrogens is 2. The van der Waals surface area contributed by atoms with Gasteiger partial charge >= 0.3 is 12.2 Å². The zero-order valence-corrected chi connectivity index (χ0v) is 24.3. The molecule has 2 fully saturated rings. The molecular formula is C30H42FN5O4. The molecule has 1 aromatic heterocycles. The van der Waals surface area contributed by atoms with Gasteiger partial charge in [-0.05, 0) is 77.5 Å². The molecule has 0 radical (unpaired) electrons. The van der Waals surface area contributed by atoms with Gasteiger partial charge in [0.25, 0.3) is 0 Å². The molecule has 4 atom stereocenters. The van der Waals surface area contributed by atoms with Crippen LogP contribution in [0, 0.1) is 12.7 Å². The van der Waals surface area contributed by atoms with Crippen molar-refractivity contribution in [1.29, 1.82) is 0 Å². The van der Waals surface area contributed by atoms with Crippen LogP contribution in [0.4, 0.5) is 14.0 Å². The Hall–Kier alpha value is -3.14. The third kappa shape index (κ3) is 6.11. The topological polar surface area (TPSA) is 88.9 Å². The minimum Gasteiger partial charge on any atom is -0.453 e. The number of carbonyl (C=O) groups is 2. The van der Waals surface area contributed by atoms with Crippen molar-refractivity contribution in [3.05, 3.63) is 52.9 Å². The molecule has 0 unspecified atom stereocenters. The number of fused-ring (bicyclic) bond motifs is 3. The van der Waals surface area contributed by atoms with E-state index in [2.05, 4.69) is 21.7 Å². The predicted octanol–water partition coefficient (Wildman–Crippen LogP) is 5.28. The number of nitrogens with one attached hydrogen (secondary N) is 1. The largest absolute Gasteiger partial charge is 0.453 e. The molecule has 1 N–H and O–H groups in total. The van der Waals surface area contributed by atoms with Gasteiger partial charge in [0.05, 0.1) is 31.1 Å². The third-order valence-corrected chi connectivity index (χ3v) is 8.50. The quantitative estimate of drug-likeness (QED) is 0.522. The van der Waals surface area contributed by atoms with Gasteiger partial charge in [-0.2, -0.15) is 0 Å². The number of alkyl carbamates (subject to hydrolysis) is 1.